The zero-order valence-electron chi connectivity index (χ0n) is 15.0. The lowest BCUT2D eigenvalue weighted by molar-refractivity contribution is -0.114. The van der Waals surface area contributed by atoms with Crippen molar-refractivity contribution in [1.29, 1.82) is 0 Å². The van der Waals surface area contributed by atoms with E-state index in [1.807, 2.05) is 35.0 Å². The number of amides is 1. The first-order valence-corrected chi connectivity index (χ1v) is 9.75. The monoisotopic (exact) mass is 388 g/mol. The van der Waals surface area contributed by atoms with Crippen LogP contribution in [-0.2, 0) is 21.2 Å². The fourth-order valence-electron chi connectivity index (χ4n) is 2.67. The van der Waals surface area contributed by atoms with Crippen LogP contribution in [-0.4, -0.2) is 37.4 Å². The van der Waals surface area contributed by atoms with Gasteiger partial charge >= 0.3 is 0 Å². The van der Waals surface area contributed by atoms with Gasteiger partial charge in [-0.05, 0) is 30.3 Å². The first kappa shape index (κ1) is 18.9. The van der Waals surface area contributed by atoms with E-state index in [2.05, 4.69) is 15.0 Å². The van der Waals surface area contributed by atoms with E-state index in [-0.39, 0.29) is 23.1 Å². The summed E-state index contributed by atoms with van der Waals surface area (Å²) in [6.07, 6.45) is 4.19. The molecule has 0 saturated carbocycles. The van der Waals surface area contributed by atoms with Gasteiger partial charge in [0, 0.05) is 38.0 Å². The van der Waals surface area contributed by atoms with Gasteiger partial charge in [0.05, 0.1) is 12.8 Å². The maximum absolute atomic E-state index is 12.7. The Morgan fingerprint density at radius 3 is 2.78 bits per heavy atom. The van der Waals surface area contributed by atoms with E-state index in [4.69, 9.17) is 4.74 Å². The average molecular weight is 388 g/mol. The summed E-state index contributed by atoms with van der Waals surface area (Å²) in [6.45, 7) is 1.53. The summed E-state index contributed by atoms with van der Waals surface area (Å²) in [7, 11) is -2.43. The molecule has 0 saturated heterocycles. The number of ether oxygens (including phenoxy) is 1. The zero-order valence-corrected chi connectivity index (χ0v) is 15.8. The van der Waals surface area contributed by atoms with Crippen molar-refractivity contribution in [1.82, 2.24) is 14.1 Å². The molecule has 2 aromatic heterocycles. The molecule has 0 unspecified atom stereocenters. The van der Waals surface area contributed by atoms with Gasteiger partial charge in [0.25, 0.3) is 0 Å². The first-order chi connectivity index (χ1) is 12.9. The highest BCUT2D eigenvalue weighted by Gasteiger charge is 2.20. The Bertz CT molecular complexity index is 1040. The van der Waals surface area contributed by atoms with Gasteiger partial charge in [-0.25, -0.2) is 18.1 Å². The molecule has 0 atom stereocenters. The number of carbonyl (C=O) groups excluding carboxylic acids is 1. The number of methoxy groups -OCH3 is 1. The largest absolute Gasteiger partial charge is 0.495 e. The van der Waals surface area contributed by atoms with Gasteiger partial charge in [-0.15, -0.1) is 0 Å². The second-order valence-corrected chi connectivity index (χ2v) is 7.63. The Hall–Kier alpha value is -2.91. The third-order valence-corrected chi connectivity index (χ3v) is 5.34. The second kappa shape index (κ2) is 7.77. The quantitative estimate of drug-likeness (QED) is 0.643. The second-order valence-electron chi connectivity index (χ2n) is 5.89. The minimum absolute atomic E-state index is 0.0359. The van der Waals surface area contributed by atoms with Crippen LogP contribution in [0.15, 0.2) is 53.7 Å². The van der Waals surface area contributed by atoms with Gasteiger partial charge in [-0.2, -0.15) is 0 Å². The summed E-state index contributed by atoms with van der Waals surface area (Å²) >= 11 is 0. The fourth-order valence-corrected chi connectivity index (χ4v) is 3.89. The Morgan fingerprint density at radius 1 is 1.26 bits per heavy atom. The number of aromatic nitrogens is 2. The van der Waals surface area contributed by atoms with Crippen LogP contribution in [0.5, 0.6) is 5.75 Å². The number of rotatable bonds is 7. The average Bonchev–Trinajstić information content (AvgIpc) is 3.03. The van der Waals surface area contributed by atoms with Gasteiger partial charge in [-0.3, -0.25) is 4.79 Å². The summed E-state index contributed by atoms with van der Waals surface area (Å²) in [4.78, 5) is 15.6. The summed E-state index contributed by atoms with van der Waals surface area (Å²) in [6, 6.07) is 10.1. The maximum atomic E-state index is 12.7. The molecule has 0 bridgehead atoms. The van der Waals surface area contributed by atoms with E-state index in [1.54, 1.807) is 6.07 Å². The molecule has 1 aromatic carbocycles. The number of nitrogens with zero attached hydrogens (tertiary/aromatic N) is 2. The number of benzene rings is 1. The van der Waals surface area contributed by atoms with Crippen LogP contribution in [0.1, 0.15) is 12.6 Å². The molecule has 0 radical (unpaired) electrons. The van der Waals surface area contributed by atoms with Crippen molar-refractivity contribution in [3.8, 4) is 5.75 Å². The Balaban J connectivity index is 1.74. The predicted octanol–water partition coefficient (Wildman–Crippen LogP) is 1.82. The molecule has 3 aromatic rings. The highest BCUT2D eigenvalue weighted by atomic mass is 32.2. The minimum atomic E-state index is -3.82. The molecular formula is C18H20N4O4S. The third kappa shape index (κ3) is 4.44. The smallest absolute Gasteiger partial charge is 0.244 e. The molecule has 0 fully saturated rings. The molecule has 1 amide bonds. The number of anilines is 1. The highest BCUT2D eigenvalue weighted by Crippen LogP contribution is 2.27. The Morgan fingerprint density at radius 2 is 2.07 bits per heavy atom. The van der Waals surface area contributed by atoms with Crippen LogP contribution < -0.4 is 14.8 Å². The number of nitrogens with one attached hydrogen (secondary N) is 2. The van der Waals surface area contributed by atoms with Crippen molar-refractivity contribution in [2.24, 2.45) is 0 Å². The van der Waals surface area contributed by atoms with Crippen molar-refractivity contribution >= 4 is 27.3 Å². The normalized spacial score (nSPS) is 11.5. The summed E-state index contributed by atoms with van der Waals surface area (Å²) in [5, 5.41) is 2.57. The third-order valence-electron chi connectivity index (χ3n) is 3.86. The van der Waals surface area contributed by atoms with E-state index in [0.29, 0.717) is 12.1 Å². The van der Waals surface area contributed by atoms with Gasteiger partial charge in [0.1, 0.15) is 16.3 Å². The minimum Gasteiger partial charge on any atom is -0.495 e. The lowest BCUT2D eigenvalue weighted by Gasteiger charge is -2.12. The van der Waals surface area contributed by atoms with Crippen molar-refractivity contribution in [3.63, 3.8) is 0 Å². The number of fused-ring (bicyclic) bond motifs is 1. The van der Waals surface area contributed by atoms with E-state index in [0.717, 1.165) is 11.3 Å². The Kier molecular flexibility index (Phi) is 5.43. The summed E-state index contributed by atoms with van der Waals surface area (Å²) in [5.74, 6) is -0.0901. The van der Waals surface area contributed by atoms with Crippen molar-refractivity contribution < 1.29 is 17.9 Å². The van der Waals surface area contributed by atoms with Crippen LogP contribution in [0.2, 0.25) is 0 Å². The zero-order chi connectivity index (χ0) is 19.4. The number of hydrogen-bond acceptors (Lipinski definition) is 5. The Labute approximate surface area is 157 Å². The van der Waals surface area contributed by atoms with Crippen LogP contribution in [0.4, 0.5) is 5.69 Å². The number of hydrogen-bond donors (Lipinski definition) is 2. The molecule has 9 heteroatoms. The highest BCUT2D eigenvalue weighted by molar-refractivity contribution is 7.89. The number of sulfonamides is 1. The molecule has 3 rings (SSSR count). The molecule has 0 aliphatic heterocycles. The van der Waals surface area contributed by atoms with E-state index < -0.39 is 10.0 Å². The molecule has 0 aliphatic rings. The molecule has 0 aliphatic carbocycles. The van der Waals surface area contributed by atoms with Crippen molar-refractivity contribution in [2.75, 3.05) is 19.0 Å². The van der Waals surface area contributed by atoms with Crippen LogP contribution in [0.3, 0.4) is 0 Å². The summed E-state index contributed by atoms with van der Waals surface area (Å²) < 4.78 is 34.9. The van der Waals surface area contributed by atoms with Crippen LogP contribution in [0, 0.1) is 0 Å². The van der Waals surface area contributed by atoms with E-state index in [9.17, 15) is 13.2 Å². The van der Waals surface area contributed by atoms with Crippen molar-refractivity contribution in [3.05, 3.63) is 54.5 Å². The maximum Gasteiger partial charge on any atom is 0.244 e. The molecule has 8 nitrogen and oxygen atoms in total. The number of pyridine rings is 1. The number of imidazole rings is 1. The van der Waals surface area contributed by atoms with E-state index in [1.165, 1.54) is 26.2 Å². The van der Waals surface area contributed by atoms with Gasteiger partial charge in [-0.1, -0.05) is 6.07 Å². The SMILES string of the molecule is COc1ccc(NC(C)=O)cc1S(=O)(=O)NCCc1cn2ccccc2n1. The van der Waals surface area contributed by atoms with Crippen LogP contribution >= 0.6 is 0 Å². The molecule has 0 spiro atoms. The lowest BCUT2D eigenvalue weighted by atomic mass is 10.3. The van der Waals surface area contributed by atoms with Gasteiger partial charge in [0.2, 0.25) is 15.9 Å². The van der Waals surface area contributed by atoms with E-state index >= 15 is 0 Å². The first-order valence-electron chi connectivity index (χ1n) is 8.27. The number of carbonyl (C=O) groups is 1. The molecule has 142 valence electrons. The fraction of sp³-hybridized carbons (Fsp3) is 0.222. The van der Waals surface area contributed by atoms with Crippen molar-refractivity contribution in [2.45, 2.75) is 18.2 Å². The molecule has 27 heavy (non-hydrogen) atoms. The van der Waals surface area contributed by atoms with Gasteiger partial charge in [0.15, 0.2) is 0 Å². The predicted molar refractivity (Wildman–Crippen MR) is 101 cm³/mol. The topological polar surface area (TPSA) is 102 Å². The summed E-state index contributed by atoms with van der Waals surface area (Å²) in [5.41, 5.74) is 1.96. The standard InChI is InChI=1S/C18H20N4O4S/c1-13(23)20-14-6-7-16(26-2)17(11-14)27(24,25)19-9-8-15-12-22-10-4-3-5-18(22)21-15/h3-7,10-12,19H,8-9H2,1-2H3,(H,20,23). The lowest BCUT2D eigenvalue weighted by Crippen LogP contribution is -2.26. The van der Waals surface area contributed by atoms with Gasteiger partial charge < -0.3 is 14.5 Å². The molecule has 2 N–H and O–H groups in total. The van der Waals surface area contributed by atoms with Crippen LogP contribution in [0.25, 0.3) is 5.65 Å². The molecule has 2 heterocycles. The molecular weight excluding hydrogens is 368 g/mol.